The smallest absolute Gasteiger partial charge is 0.0431 e. The van der Waals surface area contributed by atoms with Gasteiger partial charge >= 0.3 is 0 Å². The standard InChI is InChI=1S/C12H28N2O/c1-12(2,10-13-3)11-14(4)8-6-5-7-9-15/h13,15H,5-11H2,1-4H3. The number of nitrogens with one attached hydrogen (secondary N) is 1. The molecule has 0 bridgehead atoms. The van der Waals surface area contributed by atoms with Gasteiger partial charge in [0.2, 0.25) is 0 Å². The van der Waals surface area contributed by atoms with Crippen molar-refractivity contribution in [3.8, 4) is 0 Å². The highest BCUT2D eigenvalue weighted by atomic mass is 16.2. The zero-order valence-corrected chi connectivity index (χ0v) is 10.8. The minimum Gasteiger partial charge on any atom is -0.396 e. The lowest BCUT2D eigenvalue weighted by Crippen LogP contribution is -2.38. The molecule has 3 heteroatoms. The fourth-order valence-corrected chi connectivity index (χ4v) is 2.01. The van der Waals surface area contributed by atoms with Gasteiger partial charge in [-0.3, -0.25) is 0 Å². The van der Waals surface area contributed by atoms with Crippen molar-refractivity contribution in [1.82, 2.24) is 10.2 Å². The van der Waals surface area contributed by atoms with Gasteiger partial charge in [-0.1, -0.05) is 13.8 Å². The third-order valence-electron chi connectivity index (χ3n) is 2.55. The van der Waals surface area contributed by atoms with E-state index in [-0.39, 0.29) is 0 Å². The van der Waals surface area contributed by atoms with E-state index >= 15 is 0 Å². The third-order valence-corrected chi connectivity index (χ3v) is 2.55. The Morgan fingerprint density at radius 1 is 1.20 bits per heavy atom. The molecule has 0 aromatic heterocycles. The maximum atomic E-state index is 8.67. The number of aliphatic hydroxyl groups excluding tert-OH is 1. The molecule has 0 aliphatic carbocycles. The predicted octanol–water partition coefficient (Wildman–Crippen LogP) is 1.33. The normalized spacial score (nSPS) is 12.4. The van der Waals surface area contributed by atoms with Crippen LogP contribution in [0, 0.1) is 5.41 Å². The summed E-state index contributed by atoms with van der Waals surface area (Å²) in [7, 11) is 4.18. The maximum absolute atomic E-state index is 8.67. The first-order chi connectivity index (χ1) is 7.02. The summed E-state index contributed by atoms with van der Waals surface area (Å²) < 4.78 is 0. The van der Waals surface area contributed by atoms with Gasteiger partial charge in [-0.2, -0.15) is 0 Å². The lowest BCUT2D eigenvalue weighted by atomic mass is 9.93. The molecular weight excluding hydrogens is 188 g/mol. The Morgan fingerprint density at radius 3 is 2.40 bits per heavy atom. The average molecular weight is 216 g/mol. The van der Waals surface area contributed by atoms with Gasteiger partial charge in [0.1, 0.15) is 0 Å². The summed E-state index contributed by atoms with van der Waals surface area (Å²) >= 11 is 0. The highest BCUT2D eigenvalue weighted by Crippen LogP contribution is 2.15. The SMILES string of the molecule is CNCC(C)(C)CN(C)CCCCCO. The molecule has 0 aliphatic rings. The van der Waals surface area contributed by atoms with Gasteiger partial charge in [0.25, 0.3) is 0 Å². The van der Waals surface area contributed by atoms with E-state index in [2.05, 4.69) is 31.1 Å². The second-order valence-electron chi connectivity index (χ2n) is 5.22. The number of hydrogen-bond acceptors (Lipinski definition) is 3. The van der Waals surface area contributed by atoms with Gasteiger partial charge in [0.05, 0.1) is 0 Å². The summed E-state index contributed by atoms with van der Waals surface area (Å²) in [4.78, 5) is 2.38. The van der Waals surface area contributed by atoms with Crippen LogP contribution in [0.4, 0.5) is 0 Å². The van der Waals surface area contributed by atoms with Crippen LogP contribution in [-0.2, 0) is 0 Å². The van der Waals surface area contributed by atoms with Gasteiger partial charge in [-0.05, 0) is 45.3 Å². The van der Waals surface area contributed by atoms with Gasteiger partial charge in [0, 0.05) is 19.7 Å². The molecule has 15 heavy (non-hydrogen) atoms. The summed E-state index contributed by atoms with van der Waals surface area (Å²) in [5, 5.41) is 11.9. The molecule has 0 heterocycles. The van der Waals surface area contributed by atoms with Crippen molar-refractivity contribution >= 4 is 0 Å². The first-order valence-corrected chi connectivity index (χ1v) is 5.96. The molecule has 0 unspecified atom stereocenters. The topological polar surface area (TPSA) is 35.5 Å². The minimum absolute atomic E-state index is 0.328. The molecule has 0 amide bonds. The van der Waals surface area contributed by atoms with Gasteiger partial charge in [-0.25, -0.2) is 0 Å². The van der Waals surface area contributed by atoms with Crippen LogP contribution in [0.25, 0.3) is 0 Å². The van der Waals surface area contributed by atoms with E-state index in [4.69, 9.17) is 5.11 Å². The van der Waals surface area contributed by atoms with E-state index in [9.17, 15) is 0 Å². The molecule has 0 aromatic rings. The van der Waals surface area contributed by atoms with E-state index in [0.717, 1.165) is 32.5 Å². The first kappa shape index (κ1) is 14.9. The average Bonchev–Trinajstić information content (AvgIpc) is 2.11. The number of aliphatic hydroxyl groups is 1. The molecular formula is C12H28N2O. The fourth-order valence-electron chi connectivity index (χ4n) is 2.01. The second-order valence-corrected chi connectivity index (χ2v) is 5.22. The maximum Gasteiger partial charge on any atom is 0.0431 e. The summed E-state index contributed by atoms with van der Waals surface area (Å²) in [6.07, 6.45) is 3.26. The second kappa shape index (κ2) is 8.08. The first-order valence-electron chi connectivity index (χ1n) is 5.96. The lowest BCUT2D eigenvalue weighted by Gasteiger charge is -2.30. The molecule has 0 aliphatic heterocycles. The lowest BCUT2D eigenvalue weighted by molar-refractivity contribution is 0.202. The van der Waals surface area contributed by atoms with Crippen molar-refractivity contribution in [1.29, 1.82) is 0 Å². The molecule has 0 spiro atoms. The molecule has 0 rings (SSSR count). The number of rotatable bonds is 9. The van der Waals surface area contributed by atoms with Crippen LogP contribution >= 0.6 is 0 Å². The highest BCUT2D eigenvalue weighted by Gasteiger charge is 2.18. The molecule has 92 valence electrons. The summed E-state index contributed by atoms with van der Waals surface area (Å²) in [6.45, 7) is 8.20. The van der Waals surface area contributed by atoms with Gasteiger partial charge < -0.3 is 15.3 Å². The predicted molar refractivity (Wildman–Crippen MR) is 66.1 cm³/mol. The van der Waals surface area contributed by atoms with Crippen LogP contribution < -0.4 is 5.32 Å². The van der Waals surface area contributed by atoms with E-state index < -0.39 is 0 Å². The molecule has 0 saturated carbocycles. The summed E-state index contributed by atoms with van der Waals surface area (Å²) in [5.74, 6) is 0. The Morgan fingerprint density at radius 2 is 1.87 bits per heavy atom. The number of hydrogen-bond donors (Lipinski definition) is 2. The van der Waals surface area contributed by atoms with Crippen LogP contribution in [0.1, 0.15) is 33.1 Å². The van der Waals surface area contributed by atoms with E-state index in [1.54, 1.807) is 0 Å². The van der Waals surface area contributed by atoms with Crippen molar-refractivity contribution in [2.75, 3.05) is 40.3 Å². The Hall–Kier alpha value is -0.120. The van der Waals surface area contributed by atoms with Gasteiger partial charge in [0.15, 0.2) is 0 Å². The Bertz CT molecular complexity index is 149. The Labute approximate surface area is 94.9 Å². The fraction of sp³-hybridized carbons (Fsp3) is 1.00. The minimum atomic E-state index is 0.328. The summed E-state index contributed by atoms with van der Waals surface area (Å²) in [5.41, 5.74) is 0.334. The van der Waals surface area contributed by atoms with Crippen LogP contribution in [0.3, 0.4) is 0 Å². The summed E-state index contributed by atoms with van der Waals surface area (Å²) in [6, 6.07) is 0. The van der Waals surface area contributed by atoms with Crippen molar-refractivity contribution in [3.63, 3.8) is 0 Å². The van der Waals surface area contributed by atoms with Crippen molar-refractivity contribution in [3.05, 3.63) is 0 Å². The quantitative estimate of drug-likeness (QED) is 0.571. The number of nitrogens with zero attached hydrogens (tertiary/aromatic N) is 1. The van der Waals surface area contributed by atoms with E-state index in [1.807, 2.05) is 7.05 Å². The zero-order valence-electron chi connectivity index (χ0n) is 10.8. The molecule has 0 radical (unpaired) electrons. The molecule has 0 aromatic carbocycles. The van der Waals surface area contributed by atoms with Gasteiger partial charge in [-0.15, -0.1) is 0 Å². The Kier molecular flexibility index (Phi) is 8.02. The molecule has 0 atom stereocenters. The molecule has 0 fully saturated rings. The molecule has 3 nitrogen and oxygen atoms in total. The van der Waals surface area contributed by atoms with E-state index in [1.165, 1.54) is 6.42 Å². The van der Waals surface area contributed by atoms with Crippen molar-refractivity contribution in [2.24, 2.45) is 5.41 Å². The number of unbranched alkanes of at least 4 members (excludes halogenated alkanes) is 2. The molecule has 2 N–H and O–H groups in total. The zero-order chi connectivity index (χ0) is 11.7. The van der Waals surface area contributed by atoms with Crippen LogP contribution in [0.2, 0.25) is 0 Å². The highest BCUT2D eigenvalue weighted by molar-refractivity contribution is 4.74. The Balaban J connectivity index is 3.58. The van der Waals surface area contributed by atoms with Crippen molar-refractivity contribution < 1.29 is 5.11 Å². The largest absolute Gasteiger partial charge is 0.396 e. The van der Waals surface area contributed by atoms with Crippen LogP contribution in [0.15, 0.2) is 0 Å². The third kappa shape index (κ3) is 8.85. The van der Waals surface area contributed by atoms with Crippen LogP contribution in [0.5, 0.6) is 0 Å². The van der Waals surface area contributed by atoms with E-state index in [0.29, 0.717) is 12.0 Å². The monoisotopic (exact) mass is 216 g/mol. The van der Waals surface area contributed by atoms with Crippen LogP contribution in [-0.4, -0.2) is 50.3 Å². The van der Waals surface area contributed by atoms with Crippen molar-refractivity contribution in [2.45, 2.75) is 33.1 Å². The molecule has 0 saturated heterocycles.